The number of nitrogens with two attached hydrogens (primary N) is 1. The zero-order valence-corrected chi connectivity index (χ0v) is 15.5. The van der Waals surface area contributed by atoms with Gasteiger partial charge in [0.05, 0.1) is 24.2 Å². The van der Waals surface area contributed by atoms with Crippen molar-refractivity contribution in [3.05, 3.63) is 82.7 Å². The second-order valence-electron chi connectivity index (χ2n) is 6.96. The molecule has 1 aromatic heterocycles. The molecule has 0 aliphatic carbocycles. The van der Waals surface area contributed by atoms with Crippen LogP contribution in [-0.4, -0.2) is 15.6 Å². The number of halogens is 4. The van der Waals surface area contributed by atoms with Gasteiger partial charge in [-0.15, -0.1) is 0 Å². The van der Waals surface area contributed by atoms with Crippen molar-refractivity contribution in [2.24, 2.45) is 5.73 Å². The van der Waals surface area contributed by atoms with Crippen LogP contribution in [0.3, 0.4) is 0 Å². The van der Waals surface area contributed by atoms with Gasteiger partial charge in [-0.3, -0.25) is 4.79 Å². The van der Waals surface area contributed by atoms with E-state index in [4.69, 9.17) is 5.73 Å². The van der Waals surface area contributed by atoms with Gasteiger partial charge in [0.15, 0.2) is 0 Å². The second kappa shape index (κ2) is 7.14. The van der Waals surface area contributed by atoms with Crippen LogP contribution in [0.5, 0.6) is 0 Å². The first-order valence-corrected chi connectivity index (χ1v) is 9.01. The van der Waals surface area contributed by atoms with Crippen LogP contribution < -0.4 is 5.73 Å². The molecular formula is C22H16F4N2O2. The van der Waals surface area contributed by atoms with Crippen LogP contribution >= 0.6 is 0 Å². The third-order valence-electron chi connectivity index (χ3n) is 5.11. The number of aliphatic hydroxyl groups excluding tert-OH is 1. The number of aliphatic hydroxyl groups is 1. The number of fused-ring (bicyclic) bond motifs is 3. The highest BCUT2D eigenvalue weighted by Crippen LogP contribution is 2.34. The molecule has 4 aromatic rings. The van der Waals surface area contributed by atoms with E-state index in [1.807, 2.05) is 0 Å². The van der Waals surface area contributed by atoms with Crippen LogP contribution in [0.1, 0.15) is 27.0 Å². The van der Waals surface area contributed by atoms with Gasteiger partial charge in [-0.1, -0.05) is 24.3 Å². The highest BCUT2D eigenvalue weighted by molar-refractivity contribution is 6.17. The Morgan fingerprint density at radius 2 is 1.80 bits per heavy atom. The van der Waals surface area contributed by atoms with Gasteiger partial charge in [-0.25, -0.2) is 4.39 Å². The zero-order valence-electron chi connectivity index (χ0n) is 15.5. The van der Waals surface area contributed by atoms with Crippen molar-refractivity contribution >= 4 is 27.7 Å². The van der Waals surface area contributed by atoms with Crippen molar-refractivity contribution in [3.8, 4) is 0 Å². The first-order chi connectivity index (χ1) is 14.2. The Labute approximate surface area is 168 Å². The molecule has 0 aliphatic heterocycles. The fraction of sp³-hybridized carbons (Fsp3) is 0.136. The monoisotopic (exact) mass is 416 g/mol. The molecule has 0 aliphatic rings. The summed E-state index contributed by atoms with van der Waals surface area (Å²) in [6.07, 6.45) is -4.64. The molecule has 0 atom stereocenters. The molecule has 0 saturated carbocycles. The average Bonchev–Trinajstić information content (AvgIpc) is 3.01. The van der Waals surface area contributed by atoms with Gasteiger partial charge < -0.3 is 15.4 Å². The average molecular weight is 416 g/mol. The Morgan fingerprint density at radius 3 is 2.43 bits per heavy atom. The molecule has 0 saturated heterocycles. The quantitative estimate of drug-likeness (QED) is 0.478. The van der Waals surface area contributed by atoms with E-state index in [0.29, 0.717) is 33.4 Å². The Hall–Kier alpha value is -3.39. The van der Waals surface area contributed by atoms with Crippen molar-refractivity contribution in [1.29, 1.82) is 0 Å². The molecule has 0 bridgehead atoms. The van der Waals surface area contributed by atoms with Crippen molar-refractivity contribution in [2.75, 3.05) is 0 Å². The smallest absolute Gasteiger partial charge is 0.392 e. The molecule has 1 amide bonds. The molecule has 3 N–H and O–H groups in total. The van der Waals surface area contributed by atoms with Crippen molar-refractivity contribution < 1.29 is 27.5 Å². The largest absolute Gasteiger partial charge is 0.416 e. The lowest BCUT2D eigenvalue weighted by molar-refractivity contribution is -0.137. The molecular weight excluding hydrogens is 400 g/mol. The van der Waals surface area contributed by atoms with Gasteiger partial charge in [-0.2, -0.15) is 13.2 Å². The molecule has 8 heteroatoms. The maximum atomic E-state index is 14.5. The normalized spacial score (nSPS) is 12.0. The van der Waals surface area contributed by atoms with Crippen LogP contribution in [0.2, 0.25) is 0 Å². The van der Waals surface area contributed by atoms with Crippen LogP contribution in [0, 0.1) is 5.82 Å². The van der Waals surface area contributed by atoms with Crippen LogP contribution in [0.25, 0.3) is 21.8 Å². The van der Waals surface area contributed by atoms with Gasteiger partial charge in [0.25, 0.3) is 0 Å². The van der Waals surface area contributed by atoms with Gasteiger partial charge in [0, 0.05) is 27.4 Å². The van der Waals surface area contributed by atoms with Crippen molar-refractivity contribution in [1.82, 2.24) is 4.57 Å². The third-order valence-corrected chi connectivity index (χ3v) is 5.11. The van der Waals surface area contributed by atoms with Gasteiger partial charge >= 0.3 is 6.18 Å². The molecule has 30 heavy (non-hydrogen) atoms. The van der Waals surface area contributed by atoms with Crippen LogP contribution in [-0.2, 0) is 19.3 Å². The van der Waals surface area contributed by atoms with Crippen LogP contribution in [0.15, 0.2) is 54.6 Å². The molecule has 1 heterocycles. The molecule has 0 unspecified atom stereocenters. The minimum Gasteiger partial charge on any atom is -0.392 e. The predicted octanol–water partition coefficient (Wildman–Crippen LogP) is 4.59. The first kappa shape index (κ1) is 19.9. The molecule has 3 aromatic carbocycles. The summed E-state index contributed by atoms with van der Waals surface area (Å²) in [7, 11) is 0. The Kier molecular flexibility index (Phi) is 4.74. The summed E-state index contributed by atoms with van der Waals surface area (Å²) >= 11 is 0. The number of rotatable bonds is 4. The summed E-state index contributed by atoms with van der Waals surface area (Å²) in [4.78, 5) is 11.9. The van der Waals surface area contributed by atoms with E-state index in [1.165, 1.54) is 0 Å². The minimum atomic E-state index is -4.64. The number of aromatic nitrogens is 1. The van der Waals surface area contributed by atoms with Gasteiger partial charge in [0.2, 0.25) is 5.91 Å². The number of carbonyl (C=O) groups is 1. The molecule has 154 valence electrons. The minimum absolute atomic E-state index is 0.0562. The summed E-state index contributed by atoms with van der Waals surface area (Å²) in [5.41, 5.74) is 6.56. The highest BCUT2D eigenvalue weighted by Gasteiger charge is 2.31. The number of carbonyl (C=O) groups excluding carboxylic acids is 1. The van der Waals surface area contributed by atoms with E-state index in [9.17, 15) is 27.5 Å². The lowest BCUT2D eigenvalue weighted by Gasteiger charge is -2.12. The topological polar surface area (TPSA) is 68.2 Å². The highest BCUT2D eigenvalue weighted by atomic mass is 19.4. The molecule has 0 radical (unpaired) electrons. The Bertz CT molecular complexity index is 1290. The van der Waals surface area contributed by atoms with Crippen LogP contribution in [0.4, 0.5) is 17.6 Å². The van der Waals surface area contributed by atoms with E-state index in [0.717, 1.165) is 12.1 Å². The van der Waals surface area contributed by atoms with E-state index in [2.05, 4.69) is 0 Å². The van der Waals surface area contributed by atoms with E-state index >= 15 is 0 Å². The lowest BCUT2D eigenvalue weighted by atomic mass is 10.0. The SMILES string of the molecule is NC(=O)c1cccc2c1c1ccc(CO)cc1n2Cc1ccc(C(F)(F)F)cc1F. The third kappa shape index (κ3) is 3.29. The van der Waals surface area contributed by atoms with E-state index in [1.54, 1.807) is 41.0 Å². The molecule has 0 fully saturated rings. The lowest BCUT2D eigenvalue weighted by Crippen LogP contribution is -2.11. The number of hydrogen-bond acceptors (Lipinski definition) is 2. The summed E-state index contributed by atoms with van der Waals surface area (Å²) in [6, 6.07) is 12.5. The van der Waals surface area contributed by atoms with Gasteiger partial charge in [-0.05, 0) is 35.9 Å². The van der Waals surface area contributed by atoms with Gasteiger partial charge in [0.1, 0.15) is 5.82 Å². The van der Waals surface area contributed by atoms with E-state index < -0.39 is 23.5 Å². The fourth-order valence-corrected chi connectivity index (χ4v) is 3.69. The zero-order chi connectivity index (χ0) is 21.6. The predicted molar refractivity (Wildman–Crippen MR) is 104 cm³/mol. The number of hydrogen-bond donors (Lipinski definition) is 2. The summed E-state index contributed by atoms with van der Waals surface area (Å²) in [5.74, 6) is -1.62. The molecule has 0 spiro atoms. The Morgan fingerprint density at radius 1 is 1.03 bits per heavy atom. The number of benzene rings is 3. The van der Waals surface area contributed by atoms with Crippen molar-refractivity contribution in [3.63, 3.8) is 0 Å². The fourth-order valence-electron chi connectivity index (χ4n) is 3.69. The summed E-state index contributed by atoms with van der Waals surface area (Å²) < 4.78 is 54.8. The summed E-state index contributed by atoms with van der Waals surface area (Å²) in [6.45, 7) is -0.296. The second-order valence-corrected chi connectivity index (χ2v) is 6.96. The summed E-state index contributed by atoms with van der Waals surface area (Å²) in [5, 5.41) is 10.7. The van der Waals surface area contributed by atoms with E-state index in [-0.39, 0.29) is 24.3 Å². The maximum absolute atomic E-state index is 14.5. The molecule has 4 rings (SSSR count). The standard InChI is InChI=1S/C22H16F4N2O2/c23-17-9-14(22(24,25)26)6-5-13(17)10-28-18-3-1-2-16(21(27)30)20(18)15-7-4-12(11-29)8-19(15)28/h1-9,29H,10-11H2,(H2,27,30). The number of alkyl halides is 3. The number of amides is 1. The first-order valence-electron chi connectivity index (χ1n) is 9.01. The number of primary amides is 1. The number of nitrogens with zero attached hydrogens (tertiary/aromatic N) is 1. The maximum Gasteiger partial charge on any atom is 0.416 e. The molecule has 4 nitrogen and oxygen atoms in total. The Balaban J connectivity index is 1.96. The van der Waals surface area contributed by atoms with Crippen molar-refractivity contribution in [2.45, 2.75) is 19.3 Å².